The number of nitrogens with zero attached hydrogens (tertiary/aromatic N) is 1. The van der Waals surface area contributed by atoms with Crippen molar-refractivity contribution in [3.05, 3.63) is 52.8 Å². The summed E-state index contributed by atoms with van der Waals surface area (Å²) in [6, 6.07) is 8.78. The third-order valence-electron chi connectivity index (χ3n) is 8.53. The van der Waals surface area contributed by atoms with E-state index in [0.29, 0.717) is 25.0 Å². The van der Waals surface area contributed by atoms with E-state index >= 15 is 0 Å². The fourth-order valence-electron chi connectivity index (χ4n) is 6.72. The van der Waals surface area contributed by atoms with E-state index in [4.69, 9.17) is 4.74 Å². The van der Waals surface area contributed by atoms with Gasteiger partial charge >= 0.3 is 0 Å². The molecule has 0 spiro atoms. The Labute approximate surface area is 191 Å². The van der Waals surface area contributed by atoms with E-state index in [0.717, 1.165) is 24.8 Å². The number of carbonyl (C=O) groups excluding carboxylic acids is 1. The first-order valence-electron chi connectivity index (χ1n) is 11.8. The van der Waals surface area contributed by atoms with Crippen molar-refractivity contribution in [1.82, 2.24) is 0 Å². The Morgan fingerprint density at radius 1 is 1.19 bits per heavy atom. The van der Waals surface area contributed by atoms with Crippen molar-refractivity contribution < 1.29 is 14.6 Å². The number of anilines is 1. The lowest BCUT2D eigenvalue weighted by Crippen LogP contribution is -2.53. The van der Waals surface area contributed by atoms with Crippen LogP contribution in [0.5, 0.6) is 0 Å². The highest BCUT2D eigenvalue weighted by Gasteiger charge is 2.63. The average Bonchev–Trinajstić information content (AvgIpc) is 3.03. The molecule has 0 aromatic heterocycles. The van der Waals surface area contributed by atoms with Crippen LogP contribution in [0, 0.1) is 23.2 Å². The van der Waals surface area contributed by atoms with Gasteiger partial charge in [-0.15, -0.1) is 5.92 Å². The van der Waals surface area contributed by atoms with Crippen molar-refractivity contribution in [2.24, 2.45) is 11.3 Å². The molecule has 0 saturated heterocycles. The fourth-order valence-corrected chi connectivity index (χ4v) is 6.72. The minimum atomic E-state index is -1.000. The van der Waals surface area contributed by atoms with Crippen LogP contribution in [-0.4, -0.2) is 36.7 Å². The van der Waals surface area contributed by atoms with Gasteiger partial charge in [0, 0.05) is 49.9 Å². The number of allylic oxidation sites excluding steroid dienone is 2. The molecule has 0 amide bonds. The number of hydrogen-bond acceptors (Lipinski definition) is 4. The molecule has 3 saturated carbocycles. The van der Waals surface area contributed by atoms with Crippen LogP contribution >= 0.6 is 0 Å². The molecule has 3 aliphatic carbocycles. The quantitative estimate of drug-likeness (QED) is 0.687. The van der Waals surface area contributed by atoms with Gasteiger partial charge in [-0.3, -0.25) is 4.79 Å². The first-order valence-corrected chi connectivity index (χ1v) is 11.8. The van der Waals surface area contributed by atoms with Gasteiger partial charge in [0.1, 0.15) is 17.5 Å². The number of hydrogen-bond donors (Lipinski definition) is 1. The third-order valence-corrected chi connectivity index (χ3v) is 8.53. The second-order valence-electron chi connectivity index (χ2n) is 10.4. The van der Waals surface area contributed by atoms with E-state index in [-0.39, 0.29) is 23.4 Å². The van der Waals surface area contributed by atoms with Gasteiger partial charge in [0.2, 0.25) is 0 Å². The minimum absolute atomic E-state index is 0.0630. The molecule has 4 nitrogen and oxygen atoms in total. The third kappa shape index (κ3) is 3.05. The molecule has 4 heteroatoms. The number of rotatable bonds is 2. The monoisotopic (exact) mass is 431 g/mol. The zero-order chi connectivity index (χ0) is 22.7. The molecule has 1 aromatic carbocycles. The molecular formula is C28H33NO3. The number of aliphatic hydroxyl groups is 1. The number of benzene rings is 1. The maximum absolute atomic E-state index is 12.1. The van der Waals surface area contributed by atoms with Crippen LogP contribution in [0.4, 0.5) is 5.69 Å². The van der Waals surface area contributed by atoms with Crippen LogP contribution in [-0.2, 0) is 9.53 Å². The molecule has 0 radical (unpaired) electrons. The number of carbonyl (C=O) groups is 1. The second-order valence-corrected chi connectivity index (χ2v) is 10.4. The van der Waals surface area contributed by atoms with Gasteiger partial charge in [-0.05, 0) is 67.0 Å². The molecule has 1 aromatic rings. The number of Topliss-reactive ketones (excluding diaryl/α,β-unsaturated/α-hetero) is 1. The van der Waals surface area contributed by atoms with Crippen molar-refractivity contribution >= 4 is 11.5 Å². The van der Waals surface area contributed by atoms with E-state index in [1.807, 2.05) is 13.2 Å². The maximum atomic E-state index is 12.1. The summed E-state index contributed by atoms with van der Waals surface area (Å²) in [6.45, 7) is 4.03. The average molecular weight is 432 g/mol. The van der Waals surface area contributed by atoms with Crippen LogP contribution in [0.25, 0.3) is 0 Å². The molecule has 1 heterocycles. The molecule has 4 aliphatic rings. The Morgan fingerprint density at radius 2 is 1.94 bits per heavy atom. The SMILES string of the molecule is CC#C[C@]1(O)CC[C@H]2[C@@H]3OC=C4CC(=O)CCC4=C3[C@@H](c3ccc(N(C)C)cc3)C[C@@]21C. The van der Waals surface area contributed by atoms with E-state index in [1.54, 1.807) is 0 Å². The van der Waals surface area contributed by atoms with Crippen molar-refractivity contribution in [1.29, 1.82) is 0 Å². The Morgan fingerprint density at radius 3 is 2.62 bits per heavy atom. The van der Waals surface area contributed by atoms with Crippen molar-refractivity contribution in [2.75, 3.05) is 19.0 Å². The predicted molar refractivity (Wildman–Crippen MR) is 126 cm³/mol. The number of fused-ring (bicyclic) bond motifs is 4. The Hall–Kier alpha value is -2.51. The first-order chi connectivity index (χ1) is 15.3. The summed E-state index contributed by atoms with van der Waals surface area (Å²) < 4.78 is 6.42. The maximum Gasteiger partial charge on any atom is 0.137 e. The zero-order valence-electron chi connectivity index (χ0n) is 19.6. The van der Waals surface area contributed by atoms with Gasteiger partial charge in [0.25, 0.3) is 0 Å². The molecule has 3 fully saturated rings. The van der Waals surface area contributed by atoms with Crippen LogP contribution < -0.4 is 4.90 Å². The van der Waals surface area contributed by atoms with E-state index in [1.165, 1.54) is 22.4 Å². The Kier molecular flexibility index (Phi) is 5.02. The summed E-state index contributed by atoms with van der Waals surface area (Å²) in [5.74, 6) is 6.83. The van der Waals surface area contributed by atoms with Crippen molar-refractivity contribution in [3.63, 3.8) is 0 Å². The van der Waals surface area contributed by atoms with E-state index < -0.39 is 5.60 Å². The lowest BCUT2D eigenvalue weighted by molar-refractivity contribution is -0.119. The standard InChI is InChI=1S/C28H33NO3/c1-5-13-28(31)14-12-24-26-25(22-11-10-21(30)15-19(22)17-32-26)23(16-27(24,28)2)18-6-8-20(9-7-18)29(3)4/h6-9,17,23-24,26,31H,10-12,14-16H2,1-4H3/t23-,24+,26+,27+,28+/m1/s1. The van der Waals surface area contributed by atoms with Crippen LogP contribution in [0.1, 0.15) is 63.9 Å². The number of ketones is 1. The highest BCUT2D eigenvalue weighted by molar-refractivity contribution is 5.84. The Bertz CT molecular complexity index is 1070. The summed E-state index contributed by atoms with van der Waals surface area (Å²) in [5.41, 5.74) is 4.81. The van der Waals surface area contributed by atoms with Gasteiger partial charge in [0.05, 0.1) is 6.26 Å². The molecule has 168 valence electrons. The van der Waals surface area contributed by atoms with Gasteiger partial charge < -0.3 is 14.7 Å². The highest BCUT2D eigenvalue weighted by Crippen LogP contribution is 2.64. The highest BCUT2D eigenvalue weighted by atomic mass is 16.5. The lowest BCUT2D eigenvalue weighted by atomic mass is 9.55. The van der Waals surface area contributed by atoms with Crippen LogP contribution in [0.2, 0.25) is 0 Å². The molecular weight excluding hydrogens is 398 g/mol. The molecule has 5 atom stereocenters. The van der Waals surface area contributed by atoms with E-state index in [9.17, 15) is 9.90 Å². The van der Waals surface area contributed by atoms with Gasteiger partial charge in [-0.2, -0.15) is 0 Å². The minimum Gasteiger partial charge on any atom is -0.493 e. The van der Waals surface area contributed by atoms with Crippen molar-refractivity contribution in [2.45, 2.75) is 70.0 Å². The summed E-state index contributed by atoms with van der Waals surface area (Å²) in [6.07, 6.45) is 6.09. The Balaban J connectivity index is 1.65. The summed E-state index contributed by atoms with van der Waals surface area (Å²) in [4.78, 5) is 14.3. The van der Waals surface area contributed by atoms with Crippen LogP contribution in [0.15, 0.2) is 47.2 Å². The second kappa shape index (κ2) is 7.52. The van der Waals surface area contributed by atoms with Gasteiger partial charge in [0.15, 0.2) is 0 Å². The molecule has 32 heavy (non-hydrogen) atoms. The normalized spacial score (nSPS) is 35.6. The summed E-state index contributed by atoms with van der Waals surface area (Å²) >= 11 is 0. The first kappa shape index (κ1) is 21.3. The largest absolute Gasteiger partial charge is 0.493 e. The van der Waals surface area contributed by atoms with Crippen molar-refractivity contribution in [3.8, 4) is 11.8 Å². The van der Waals surface area contributed by atoms with E-state index in [2.05, 4.69) is 62.0 Å². The molecule has 5 rings (SSSR count). The molecule has 1 aliphatic heterocycles. The van der Waals surface area contributed by atoms with Gasteiger partial charge in [-0.25, -0.2) is 0 Å². The topological polar surface area (TPSA) is 49.8 Å². The predicted octanol–water partition coefficient (Wildman–Crippen LogP) is 4.74. The van der Waals surface area contributed by atoms with Crippen LogP contribution in [0.3, 0.4) is 0 Å². The summed E-state index contributed by atoms with van der Waals surface area (Å²) in [7, 11) is 4.10. The molecule has 1 N–H and O–H groups in total. The van der Waals surface area contributed by atoms with Gasteiger partial charge in [-0.1, -0.05) is 25.0 Å². The lowest BCUT2D eigenvalue weighted by Gasteiger charge is -2.52. The fraction of sp³-hybridized carbons (Fsp3) is 0.536. The zero-order valence-corrected chi connectivity index (χ0v) is 19.6. The number of ether oxygens (including phenoxy) is 1. The molecule has 0 bridgehead atoms. The molecule has 0 unspecified atom stereocenters. The summed E-state index contributed by atoms with van der Waals surface area (Å²) in [5, 5.41) is 11.7. The smallest absolute Gasteiger partial charge is 0.137 e.